The van der Waals surface area contributed by atoms with Gasteiger partial charge >= 0.3 is 0 Å². The quantitative estimate of drug-likeness (QED) is 0.450. The minimum Gasteiger partial charge on any atom is -0.363 e. The molecule has 2 N–H and O–H groups in total. The van der Waals surface area contributed by atoms with E-state index in [4.69, 9.17) is 4.99 Å². The molecule has 0 saturated carbocycles. The lowest BCUT2D eigenvalue weighted by molar-refractivity contribution is 0.463. The molecule has 1 aliphatic rings. The Bertz CT molecular complexity index is 910. The van der Waals surface area contributed by atoms with E-state index < -0.39 is 0 Å². The Hall–Kier alpha value is -2.80. The van der Waals surface area contributed by atoms with Crippen LogP contribution in [0, 0.1) is 0 Å². The van der Waals surface area contributed by atoms with Gasteiger partial charge in [-0.1, -0.05) is 18.2 Å². The SMILES string of the molecule is CCNC(=NCCc1cnn(-c2ccccc2)c1)NC1CCN(c2cccs2)CC1. The summed E-state index contributed by atoms with van der Waals surface area (Å²) in [6, 6.07) is 15.0. The lowest BCUT2D eigenvalue weighted by Crippen LogP contribution is -2.48. The van der Waals surface area contributed by atoms with Gasteiger partial charge in [0.2, 0.25) is 0 Å². The summed E-state index contributed by atoms with van der Waals surface area (Å²) in [5, 5.41) is 15.0. The molecule has 0 bridgehead atoms. The molecule has 1 saturated heterocycles. The van der Waals surface area contributed by atoms with Crippen LogP contribution < -0.4 is 15.5 Å². The second kappa shape index (κ2) is 10.3. The van der Waals surface area contributed by atoms with Gasteiger partial charge in [-0.3, -0.25) is 4.99 Å². The van der Waals surface area contributed by atoms with E-state index in [0.717, 1.165) is 57.1 Å². The number of nitrogens with one attached hydrogen (secondary N) is 2. The van der Waals surface area contributed by atoms with Crippen LogP contribution in [0.25, 0.3) is 5.69 Å². The Balaban J connectivity index is 1.27. The number of rotatable bonds is 7. The number of thiophene rings is 1. The molecule has 2 aromatic heterocycles. The van der Waals surface area contributed by atoms with Gasteiger partial charge < -0.3 is 15.5 Å². The van der Waals surface area contributed by atoms with Crippen molar-refractivity contribution in [1.29, 1.82) is 0 Å². The third-order valence-electron chi connectivity index (χ3n) is 5.33. The largest absolute Gasteiger partial charge is 0.363 e. The number of anilines is 1. The monoisotopic (exact) mass is 422 g/mol. The second-order valence-corrected chi connectivity index (χ2v) is 8.42. The Kier molecular flexibility index (Phi) is 7.03. The Morgan fingerprint density at radius 1 is 1.17 bits per heavy atom. The number of hydrogen-bond acceptors (Lipinski definition) is 4. The Morgan fingerprint density at radius 2 is 2.00 bits per heavy atom. The summed E-state index contributed by atoms with van der Waals surface area (Å²) < 4.78 is 1.92. The summed E-state index contributed by atoms with van der Waals surface area (Å²) in [4.78, 5) is 7.28. The fraction of sp³-hybridized carbons (Fsp3) is 0.391. The van der Waals surface area contributed by atoms with Crippen LogP contribution in [0.3, 0.4) is 0 Å². The summed E-state index contributed by atoms with van der Waals surface area (Å²) in [6.07, 6.45) is 7.16. The number of guanidine groups is 1. The minimum absolute atomic E-state index is 0.472. The van der Waals surface area contributed by atoms with Gasteiger partial charge in [-0.05, 0) is 61.4 Å². The van der Waals surface area contributed by atoms with Crippen molar-refractivity contribution in [2.75, 3.05) is 31.1 Å². The third kappa shape index (κ3) is 5.42. The fourth-order valence-corrected chi connectivity index (χ4v) is 4.50. The first kappa shape index (κ1) is 20.5. The molecular formula is C23H30N6S. The van der Waals surface area contributed by atoms with Crippen molar-refractivity contribution < 1.29 is 0 Å². The zero-order valence-electron chi connectivity index (χ0n) is 17.5. The highest BCUT2D eigenvalue weighted by Crippen LogP contribution is 2.24. The average Bonchev–Trinajstić information content (AvgIpc) is 3.48. The predicted octanol–water partition coefficient (Wildman–Crippen LogP) is 3.70. The van der Waals surface area contributed by atoms with Crippen molar-refractivity contribution in [3.05, 3.63) is 65.8 Å². The molecule has 0 amide bonds. The number of para-hydroxylation sites is 1. The van der Waals surface area contributed by atoms with E-state index in [9.17, 15) is 0 Å². The summed E-state index contributed by atoms with van der Waals surface area (Å²) in [7, 11) is 0. The van der Waals surface area contributed by atoms with Crippen molar-refractivity contribution in [2.24, 2.45) is 4.99 Å². The van der Waals surface area contributed by atoms with Crippen LogP contribution in [0.4, 0.5) is 5.00 Å². The van der Waals surface area contributed by atoms with E-state index >= 15 is 0 Å². The molecule has 0 aliphatic carbocycles. The second-order valence-electron chi connectivity index (χ2n) is 7.50. The molecule has 1 fully saturated rings. The van der Waals surface area contributed by atoms with Gasteiger partial charge in [0.15, 0.2) is 5.96 Å². The minimum atomic E-state index is 0.472. The van der Waals surface area contributed by atoms with E-state index in [-0.39, 0.29) is 0 Å². The van der Waals surface area contributed by atoms with E-state index in [0.29, 0.717) is 6.04 Å². The lowest BCUT2D eigenvalue weighted by Gasteiger charge is -2.33. The van der Waals surface area contributed by atoms with Crippen LogP contribution in [-0.4, -0.2) is 48.0 Å². The van der Waals surface area contributed by atoms with Crippen LogP contribution >= 0.6 is 11.3 Å². The maximum Gasteiger partial charge on any atom is 0.191 e. The third-order valence-corrected chi connectivity index (χ3v) is 6.25. The fourth-order valence-electron chi connectivity index (χ4n) is 3.72. The molecule has 0 unspecified atom stereocenters. The van der Waals surface area contributed by atoms with Crippen molar-refractivity contribution in [3.63, 3.8) is 0 Å². The molecule has 0 spiro atoms. The van der Waals surface area contributed by atoms with Crippen LogP contribution in [0.2, 0.25) is 0 Å². The van der Waals surface area contributed by atoms with Gasteiger partial charge in [-0.15, -0.1) is 11.3 Å². The number of hydrogen-bond donors (Lipinski definition) is 2. The van der Waals surface area contributed by atoms with Crippen LogP contribution in [-0.2, 0) is 6.42 Å². The molecule has 30 heavy (non-hydrogen) atoms. The molecule has 1 aromatic carbocycles. The Labute approximate surface area is 182 Å². The summed E-state index contributed by atoms with van der Waals surface area (Å²) >= 11 is 1.82. The lowest BCUT2D eigenvalue weighted by atomic mass is 10.1. The van der Waals surface area contributed by atoms with Gasteiger partial charge in [-0.25, -0.2) is 4.68 Å². The van der Waals surface area contributed by atoms with E-state index in [1.807, 2.05) is 40.4 Å². The van der Waals surface area contributed by atoms with Crippen molar-refractivity contribution in [3.8, 4) is 5.69 Å². The number of nitrogens with zero attached hydrogens (tertiary/aromatic N) is 4. The first-order valence-electron chi connectivity index (χ1n) is 10.7. The van der Waals surface area contributed by atoms with Gasteiger partial charge in [0.05, 0.1) is 16.9 Å². The maximum absolute atomic E-state index is 4.80. The van der Waals surface area contributed by atoms with Crippen molar-refractivity contribution >= 4 is 22.3 Å². The molecule has 4 rings (SSSR count). The van der Waals surface area contributed by atoms with Crippen LogP contribution in [0.1, 0.15) is 25.3 Å². The standard InChI is InChI=1S/C23H30N6S/c1-2-24-23(27-20-11-14-28(15-12-20)22-9-6-16-30-22)25-13-10-19-17-26-29(18-19)21-7-4-3-5-8-21/h3-9,16-18,20H,2,10-15H2,1H3,(H2,24,25,27). The van der Waals surface area contributed by atoms with Gasteiger partial charge in [-0.2, -0.15) is 5.10 Å². The van der Waals surface area contributed by atoms with Crippen molar-refractivity contribution in [2.45, 2.75) is 32.2 Å². The Morgan fingerprint density at radius 3 is 2.73 bits per heavy atom. The highest BCUT2D eigenvalue weighted by atomic mass is 32.1. The summed E-state index contributed by atoms with van der Waals surface area (Å²) in [5.74, 6) is 0.919. The molecule has 3 aromatic rings. The number of aromatic nitrogens is 2. The molecular weight excluding hydrogens is 392 g/mol. The summed E-state index contributed by atoms with van der Waals surface area (Å²) in [6.45, 7) is 5.91. The average molecular weight is 423 g/mol. The number of aliphatic imine (C=N–C) groups is 1. The molecule has 158 valence electrons. The smallest absolute Gasteiger partial charge is 0.191 e. The highest BCUT2D eigenvalue weighted by molar-refractivity contribution is 7.14. The first-order chi connectivity index (χ1) is 14.8. The molecule has 7 heteroatoms. The molecule has 0 radical (unpaired) electrons. The topological polar surface area (TPSA) is 57.5 Å². The van der Waals surface area contributed by atoms with Crippen molar-refractivity contribution in [1.82, 2.24) is 20.4 Å². The highest BCUT2D eigenvalue weighted by Gasteiger charge is 2.20. The molecule has 6 nitrogen and oxygen atoms in total. The molecule has 3 heterocycles. The van der Waals surface area contributed by atoms with Gasteiger partial charge in [0, 0.05) is 38.4 Å². The number of benzene rings is 1. The summed E-state index contributed by atoms with van der Waals surface area (Å²) in [5.41, 5.74) is 2.28. The van der Waals surface area contributed by atoms with E-state index in [1.165, 1.54) is 10.6 Å². The number of piperidine rings is 1. The normalized spacial score (nSPS) is 15.4. The molecule has 1 aliphatic heterocycles. The van der Waals surface area contributed by atoms with Gasteiger partial charge in [0.1, 0.15) is 0 Å². The first-order valence-corrected chi connectivity index (χ1v) is 11.6. The van der Waals surface area contributed by atoms with E-state index in [2.05, 4.69) is 63.4 Å². The van der Waals surface area contributed by atoms with Gasteiger partial charge in [0.25, 0.3) is 0 Å². The van der Waals surface area contributed by atoms with Crippen LogP contribution in [0.15, 0.2) is 65.2 Å². The maximum atomic E-state index is 4.80. The van der Waals surface area contributed by atoms with Crippen LogP contribution in [0.5, 0.6) is 0 Å². The molecule has 0 atom stereocenters. The zero-order valence-corrected chi connectivity index (χ0v) is 18.3. The van der Waals surface area contributed by atoms with E-state index in [1.54, 1.807) is 0 Å². The zero-order chi connectivity index (χ0) is 20.6. The predicted molar refractivity (Wildman–Crippen MR) is 126 cm³/mol.